The maximum Gasteiger partial charge on any atom is 0.337 e. The molecule has 0 amide bonds. The highest BCUT2D eigenvalue weighted by atomic mass is 16.4. The molecule has 0 aliphatic heterocycles. The maximum absolute atomic E-state index is 10.8. The average Bonchev–Trinajstić information content (AvgIpc) is 2.16. The third-order valence-corrected chi connectivity index (χ3v) is 2.01. The Morgan fingerprint density at radius 1 is 1.47 bits per heavy atom. The summed E-state index contributed by atoms with van der Waals surface area (Å²) in [6.07, 6.45) is 1.63. The van der Waals surface area contributed by atoms with Gasteiger partial charge < -0.3 is 10.6 Å². The monoisotopic (exact) mass is 206 g/mol. The summed E-state index contributed by atoms with van der Waals surface area (Å²) in [5, 5.41) is 9.61. The Hall–Kier alpha value is -2.01. The van der Waals surface area contributed by atoms with Crippen LogP contribution in [0, 0.1) is 6.92 Å². The van der Waals surface area contributed by atoms with Gasteiger partial charge in [-0.3, -0.25) is 0 Å². The van der Waals surface area contributed by atoms with Crippen LogP contribution in [0.4, 0.5) is 0 Å². The minimum absolute atomic E-state index is 0. The Labute approximate surface area is 85.7 Å². The zero-order chi connectivity index (χ0) is 10.1. The third kappa shape index (κ3) is 1.92. The van der Waals surface area contributed by atoms with Crippen LogP contribution in [0.2, 0.25) is 0 Å². The van der Waals surface area contributed by atoms with Crippen molar-refractivity contribution in [1.82, 2.24) is 9.97 Å². The van der Waals surface area contributed by atoms with E-state index in [1.54, 1.807) is 31.3 Å². The predicted molar refractivity (Wildman–Crippen MR) is 54.8 cm³/mol. The maximum atomic E-state index is 10.8. The van der Waals surface area contributed by atoms with Crippen molar-refractivity contribution in [2.45, 2.75) is 6.92 Å². The van der Waals surface area contributed by atoms with E-state index in [1.807, 2.05) is 0 Å². The first kappa shape index (κ1) is 11.1. The molecule has 5 nitrogen and oxygen atoms in total. The van der Waals surface area contributed by atoms with Crippen molar-refractivity contribution in [3.8, 4) is 0 Å². The van der Waals surface area contributed by atoms with E-state index >= 15 is 0 Å². The van der Waals surface area contributed by atoms with Crippen molar-refractivity contribution in [3.63, 3.8) is 0 Å². The number of hydrogen-bond acceptors (Lipinski definition) is 3. The minimum atomic E-state index is -0.958. The topological polar surface area (TPSA) is 94.6 Å². The van der Waals surface area contributed by atoms with E-state index < -0.39 is 5.97 Å². The Morgan fingerprint density at radius 3 is 2.87 bits per heavy atom. The summed E-state index contributed by atoms with van der Waals surface area (Å²) >= 11 is 0. The predicted octanol–water partition coefficient (Wildman–Crippen LogP) is 0.812. The van der Waals surface area contributed by atoms with E-state index in [-0.39, 0.29) is 11.0 Å². The Balaban J connectivity index is 0.00000112. The molecule has 0 saturated heterocycles. The Morgan fingerprint density at radius 2 is 2.20 bits per heavy atom. The number of carboxylic acids is 1. The van der Waals surface area contributed by atoms with Crippen LogP contribution in [-0.2, 0) is 0 Å². The van der Waals surface area contributed by atoms with Crippen LogP contribution in [0.5, 0.6) is 0 Å². The normalized spacial score (nSPS) is 9.67. The number of hydrogen-bond donors (Lipinski definition) is 1. The van der Waals surface area contributed by atoms with Gasteiger partial charge in [-0.1, -0.05) is 0 Å². The lowest BCUT2D eigenvalue weighted by atomic mass is 10.1. The fourth-order valence-electron chi connectivity index (χ4n) is 1.31. The fraction of sp³-hybridized carbons (Fsp3) is 0.100. The minimum Gasteiger partial charge on any atom is -0.478 e. The van der Waals surface area contributed by atoms with Crippen LogP contribution in [0.1, 0.15) is 16.1 Å². The second kappa shape index (κ2) is 4.02. The Bertz CT molecular complexity index is 511. The van der Waals surface area contributed by atoms with Gasteiger partial charge in [0.1, 0.15) is 0 Å². The molecule has 0 fully saturated rings. The summed E-state index contributed by atoms with van der Waals surface area (Å²) in [5.74, 6) is -0.958. The lowest BCUT2D eigenvalue weighted by Crippen LogP contribution is -2.02. The van der Waals surface area contributed by atoms with Crippen molar-refractivity contribution >= 4 is 17.0 Å². The fourth-order valence-corrected chi connectivity index (χ4v) is 1.31. The van der Waals surface area contributed by atoms with Gasteiger partial charge in [0.25, 0.3) is 0 Å². The zero-order valence-electron chi connectivity index (χ0n) is 8.06. The lowest BCUT2D eigenvalue weighted by molar-refractivity contribution is 0.0696. The molecule has 2 heterocycles. The summed E-state index contributed by atoms with van der Waals surface area (Å²) in [5.41, 5.74) is 1.30. The highest BCUT2D eigenvalue weighted by molar-refractivity contribution is 5.93. The summed E-state index contributed by atoms with van der Waals surface area (Å²) in [6.45, 7) is 1.66. The van der Waals surface area contributed by atoms with E-state index in [9.17, 15) is 4.79 Å². The number of aromatic nitrogens is 2. The van der Waals surface area contributed by atoms with Crippen LogP contribution in [0.25, 0.3) is 11.0 Å². The van der Waals surface area contributed by atoms with Crippen molar-refractivity contribution in [3.05, 3.63) is 35.7 Å². The molecule has 3 N–H and O–H groups in total. The van der Waals surface area contributed by atoms with Crippen molar-refractivity contribution in [1.29, 1.82) is 0 Å². The number of fused-ring (bicyclic) bond motifs is 1. The molecule has 0 radical (unpaired) electrons. The molecule has 0 spiro atoms. The molecule has 15 heavy (non-hydrogen) atoms. The second-order valence-corrected chi connectivity index (χ2v) is 2.98. The van der Waals surface area contributed by atoms with Crippen LogP contribution in [-0.4, -0.2) is 26.5 Å². The first-order valence-corrected chi connectivity index (χ1v) is 4.14. The number of carboxylic acid groups (broad SMARTS) is 1. The molecule has 0 atom stereocenters. The standard InChI is InChI=1S/C10H8N2O2.H2O/c1-6-8(10(13)14)5-7-3-2-4-11-9(7)12-6;/h2-5H,1H3,(H,13,14);1H2. The van der Waals surface area contributed by atoms with Crippen LogP contribution >= 0.6 is 0 Å². The molecule has 0 bridgehead atoms. The number of aromatic carboxylic acids is 1. The summed E-state index contributed by atoms with van der Waals surface area (Å²) in [4.78, 5) is 18.9. The van der Waals surface area contributed by atoms with Gasteiger partial charge in [-0.05, 0) is 25.1 Å². The number of aryl methyl sites for hydroxylation is 1. The van der Waals surface area contributed by atoms with Gasteiger partial charge in [0.15, 0.2) is 5.65 Å². The van der Waals surface area contributed by atoms with Crippen molar-refractivity contribution in [2.75, 3.05) is 0 Å². The molecule has 0 aliphatic rings. The SMILES string of the molecule is Cc1nc2ncccc2cc1C(=O)O.O. The molecule has 78 valence electrons. The molecule has 2 rings (SSSR count). The second-order valence-electron chi connectivity index (χ2n) is 2.98. The summed E-state index contributed by atoms with van der Waals surface area (Å²) < 4.78 is 0. The largest absolute Gasteiger partial charge is 0.478 e. The van der Waals surface area contributed by atoms with E-state index in [1.165, 1.54) is 0 Å². The molecule has 0 saturated carbocycles. The summed E-state index contributed by atoms with van der Waals surface area (Å²) in [6, 6.07) is 5.14. The number of pyridine rings is 2. The number of rotatable bonds is 1. The van der Waals surface area contributed by atoms with E-state index in [2.05, 4.69) is 9.97 Å². The molecule has 0 aliphatic carbocycles. The highest BCUT2D eigenvalue weighted by Crippen LogP contribution is 2.13. The van der Waals surface area contributed by atoms with Crippen molar-refractivity contribution in [2.24, 2.45) is 0 Å². The van der Waals surface area contributed by atoms with Gasteiger partial charge in [-0.15, -0.1) is 0 Å². The van der Waals surface area contributed by atoms with Gasteiger partial charge in [-0.2, -0.15) is 0 Å². The van der Waals surface area contributed by atoms with Gasteiger partial charge in [0.05, 0.1) is 11.3 Å². The molecule has 2 aromatic heterocycles. The molecule has 0 aromatic carbocycles. The van der Waals surface area contributed by atoms with E-state index in [0.717, 1.165) is 5.39 Å². The van der Waals surface area contributed by atoms with Crippen LogP contribution in [0.15, 0.2) is 24.4 Å². The number of nitrogens with zero attached hydrogens (tertiary/aromatic N) is 2. The van der Waals surface area contributed by atoms with Gasteiger partial charge in [0.2, 0.25) is 0 Å². The van der Waals surface area contributed by atoms with Crippen LogP contribution < -0.4 is 0 Å². The van der Waals surface area contributed by atoms with E-state index in [4.69, 9.17) is 5.11 Å². The highest BCUT2D eigenvalue weighted by Gasteiger charge is 2.09. The van der Waals surface area contributed by atoms with Gasteiger partial charge in [0, 0.05) is 11.6 Å². The van der Waals surface area contributed by atoms with Crippen molar-refractivity contribution < 1.29 is 15.4 Å². The smallest absolute Gasteiger partial charge is 0.337 e. The van der Waals surface area contributed by atoms with Gasteiger partial charge in [-0.25, -0.2) is 14.8 Å². The Kier molecular flexibility index (Phi) is 2.96. The molecule has 0 unspecified atom stereocenters. The molecular weight excluding hydrogens is 196 g/mol. The van der Waals surface area contributed by atoms with E-state index in [0.29, 0.717) is 11.3 Å². The van der Waals surface area contributed by atoms with Crippen LogP contribution in [0.3, 0.4) is 0 Å². The molecular formula is C10H10N2O3. The molecule has 5 heteroatoms. The number of carbonyl (C=O) groups is 1. The van der Waals surface area contributed by atoms with Gasteiger partial charge >= 0.3 is 5.97 Å². The summed E-state index contributed by atoms with van der Waals surface area (Å²) in [7, 11) is 0. The zero-order valence-corrected chi connectivity index (χ0v) is 8.06. The first-order valence-electron chi connectivity index (χ1n) is 4.14. The molecule has 2 aromatic rings. The first-order chi connectivity index (χ1) is 6.68. The average molecular weight is 206 g/mol. The quantitative estimate of drug-likeness (QED) is 0.746. The lowest BCUT2D eigenvalue weighted by Gasteiger charge is -2.01. The third-order valence-electron chi connectivity index (χ3n) is 2.01.